The Balaban J connectivity index is 1.64. The number of furan rings is 1. The molecule has 2 aromatic rings. The summed E-state index contributed by atoms with van der Waals surface area (Å²) in [5, 5.41) is 1.46. The molecule has 128 valence electrons. The zero-order chi connectivity index (χ0) is 16.7. The molecule has 1 aliphatic heterocycles. The molecule has 2 fully saturated rings. The summed E-state index contributed by atoms with van der Waals surface area (Å²) in [6.07, 6.45) is 1.85. The van der Waals surface area contributed by atoms with Crippen LogP contribution in [0.3, 0.4) is 0 Å². The minimum atomic E-state index is -0.108. The van der Waals surface area contributed by atoms with Crippen LogP contribution < -0.4 is 0 Å². The van der Waals surface area contributed by atoms with Crippen LogP contribution in [0, 0.1) is 0 Å². The number of hydrogen-bond acceptors (Lipinski definition) is 4. The molecule has 1 amide bonds. The lowest BCUT2D eigenvalue weighted by Gasteiger charge is -2.30. The summed E-state index contributed by atoms with van der Waals surface area (Å²) >= 11 is 6.01. The Morgan fingerprint density at radius 2 is 2.25 bits per heavy atom. The van der Waals surface area contributed by atoms with Crippen LogP contribution in [0.5, 0.6) is 0 Å². The van der Waals surface area contributed by atoms with E-state index in [1.165, 1.54) is 0 Å². The number of carbonyl (C=O) groups excluding carboxylic acids is 1. The highest BCUT2D eigenvalue weighted by Crippen LogP contribution is 2.33. The average molecular weight is 350 g/mol. The van der Waals surface area contributed by atoms with Gasteiger partial charge in [0.2, 0.25) is 0 Å². The van der Waals surface area contributed by atoms with Crippen molar-refractivity contribution in [3.63, 3.8) is 0 Å². The number of halogens is 1. The van der Waals surface area contributed by atoms with Crippen molar-refractivity contribution in [2.75, 3.05) is 19.8 Å². The van der Waals surface area contributed by atoms with Crippen LogP contribution in [0.15, 0.2) is 28.7 Å². The minimum absolute atomic E-state index is 0.0433. The second kappa shape index (κ2) is 6.39. The Morgan fingerprint density at radius 1 is 1.38 bits per heavy atom. The fraction of sp³-hybridized carbons (Fsp3) is 0.500. The van der Waals surface area contributed by atoms with Gasteiger partial charge in [0, 0.05) is 23.6 Å². The number of amides is 1. The van der Waals surface area contributed by atoms with E-state index in [4.69, 9.17) is 25.5 Å². The molecule has 1 aliphatic carbocycles. The fourth-order valence-corrected chi connectivity index (χ4v) is 4.00. The number of ether oxygens (including phenoxy) is 2. The summed E-state index contributed by atoms with van der Waals surface area (Å²) < 4.78 is 17.5. The van der Waals surface area contributed by atoms with E-state index >= 15 is 0 Å². The third-order valence-electron chi connectivity index (χ3n) is 4.87. The lowest BCUT2D eigenvalue weighted by molar-refractivity contribution is -0.0485. The zero-order valence-corrected chi connectivity index (χ0v) is 14.3. The summed E-state index contributed by atoms with van der Waals surface area (Å²) in [6.45, 7) is 3.68. The van der Waals surface area contributed by atoms with Crippen molar-refractivity contribution < 1.29 is 18.7 Å². The Morgan fingerprint density at radius 3 is 3.08 bits per heavy atom. The average Bonchev–Trinajstić information content (AvgIpc) is 3.08. The normalized spacial score (nSPS) is 26.8. The molecule has 0 spiro atoms. The van der Waals surface area contributed by atoms with Crippen LogP contribution in [0.4, 0.5) is 0 Å². The van der Waals surface area contributed by atoms with E-state index in [0.29, 0.717) is 36.1 Å². The monoisotopic (exact) mass is 349 g/mol. The van der Waals surface area contributed by atoms with Gasteiger partial charge in [0.1, 0.15) is 11.7 Å². The van der Waals surface area contributed by atoms with E-state index in [1.807, 2.05) is 11.8 Å². The Kier molecular flexibility index (Phi) is 4.24. The van der Waals surface area contributed by atoms with Crippen molar-refractivity contribution in [2.24, 2.45) is 0 Å². The molecular weight excluding hydrogens is 330 g/mol. The summed E-state index contributed by atoms with van der Waals surface area (Å²) in [6, 6.07) is 7.15. The molecule has 0 radical (unpaired) electrons. The Bertz CT molecular complexity index is 759. The molecule has 4 rings (SSSR count). The van der Waals surface area contributed by atoms with Crippen LogP contribution in [0.2, 0.25) is 5.02 Å². The van der Waals surface area contributed by atoms with Crippen LogP contribution in [-0.2, 0) is 9.47 Å². The van der Waals surface area contributed by atoms with Gasteiger partial charge in [-0.05, 0) is 44.0 Å². The van der Waals surface area contributed by atoms with E-state index in [2.05, 4.69) is 0 Å². The molecule has 6 heteroatoms. The molecule has 0 N–H and O–H groups in total. The number of nitrogens with zero attached hydrogens (tertiary/aromatic N) is 1. The molecule has 24 heavy (non-hydrogen) atoms. The third-order valence-corrected chi connectivity index (χ3v) is 5.10. The summed E-state index contributed by atoms with van der Waals surface area (Å²) in [4.78, 5) is 14.9. The highest BCUT2D eigenvalue weighted by atomic mass is 35.5. The second-order valence-electron chi connectivity index (χ2n) is 6.27. The van der Waals surface area contributed by atoms with Crippen LogP contribution in [0.1, 0.15) is 30.3 Å². The predicted molar refractivity (Wildman–Crippen MR) is 90.4 cm³/mol. The molecule has 2 heterocycles. The van der Waals surface area contributed by atoms with Crippen molar-refractivity contribution in [3.8, 4) is 0 Å². The van der Waals surface area contributed by atoms with E-state index in [9.17, 15) is 4.79 Å². The lowest BCUT2D eigenvalue weighted by Crippen LogP contribution is -2.46. The van der Waals surface area contributed by atoms with E-state index in [0.717, 1.165) is 18.2 Å². The van der Waals surface area contributed by atoms with Gasteiger partial charge >= 0.3 is 0 Å². The van der Waals surface area contributed by atoms with Crippen molar-refractivity contribution in [1.82, 2.24) is 4.90 Å². The van der Waals surface area contributed by atoms with Gasteiger partial charge in [0.15, 0.2) is 5.76 Å². The maximum Gasteiger partial charge on any atom is 0.290 e. The quantitative estimate of drug-likeness (QED) is 0.851. The molecule has 0 unspecified atom stereocenters. The molecular formula is C18H20ClNO4. The molecule has 1 aromatic carbocycles. The first-order valence-corrected chi connectivity index (χ1v) is 8.78. The largest absolute Gasteiger partial charge is 0.451 e. The third kappa shape index (κ3) is 2.70. The standard InChI is InChI=1S/C18H20ClNO4/c1-2-22-17-13-4-6-15(17)23-8-7-20(13)18(21)16-10-11-9-12(19)3-5-14(11)24-16/h3,5,9-10,13,15,17H,2,4,6-8H2,1H3/t13-,15-,17-/m1/s1. The number of fused-ring (bicyclic) bond motifs is 3. The van der Waals surface area contributed by atoms with Gasteiger partial charge in [0.25, 0.3) is 5.91 Å². The van der Waals surface area contributed by atoms with Gasteiger partial charge < -0.3 is 18.8 Å². The first-order chi connectivity index (χ1) is 11.7. The van der Waals surface area contributed by atoms with Crippen molar-refractivity contribution >= 4 is 28.5 Å². The van der Waals surface area contributed by atoms with Gasteiger partial charge in [-0.1, -0.05) is 11.6 Å². The van der Waals surface area contributed by atoms with Gasteiger partial charge in [-0.25, -0.2) is 0 Å². The molecule has 1 saturated heterocycles. The SMILES string of the molecule is CCO[C@@H]1[C@H]2CC[C@H]1OCCN2C(=O)c1cc2cc(Cl)ccc2o1. The van der Waals surface area contributed by atoms with Crippen molar-refractivity contribution in [3.05, 3.63) is 35.0 Å². The van der Waals surface area contributed by atoms with E-state index in [1.54, 1.807) is 24.3 Å². The van der Waals surface area contributed by atoms with Crippen molar-refractivity contribution in [1.29, 1.82) is 0 Å². The summed E-state index contributed by atoms with van der Waals surface area (Å²) in [7, 11) is 0. The van der Waals surface area contributed by atoms with Crippen molar-refractivity contribution in [2.45, 2.75) is 38.0 Å². The van der Waals surface area contributed by atoms with Gasteiger partial charge in [-0.2, -0.15) is 0 Å². The number of benzene rings is 1. The maximum absolute atomic E-state index is 13.0. The number of carbonyl (C=O) groups is 1. The fourth-order valence-electron chi connectivity index (χ4n) is 3.82. The van der Waals surface area contributed by atoms with Crippen LogP contribution in [0.25, 0.3) is 11.0 Å². The maximum atomic E-state index is 13.0. The molecule has 1 aromatic heterocycles. The predicted octanol–water partition coefficient (Wildman–Crippen LogP) is 3.49. The number of hydrogen-bond donors (Lipinski definition) is 0. The molecule has 5 nitrogen and oxygen atoms in total. The molecule has 2 aliphatic rings. The lowest BCUT2D eigenvalue weighted by atomic mass is 10.1. The smallest absolute Gasteiger partial charge is 0.290 e. The van der Waals surface area contributed by atoms with Gasteiger partial charge in [-0.3, -0.25) is 4.79 Å². The molecule has 1 saturated carbocycles. The van der Waals surface area contributed by atoms with E-state index in [-0.39, 0.29) is 24.2 Å². The summed E-state index contributed by atoms with van der Waals surface area (Å²) in [5.74, 6) is 0.232. The van der Waals surface area contributed by atoms with Gasteiger partial charge in [-0.15, -0.1) is 0 Å². The highest BCUT2D eigenvalue weighted by Gasteiger charge is 2.45. The second-order valence-corrected chi connectivity index (χ2v) is 6.70. The van der Waals surface area contributed by atoms with Gasteiger partial charge in [0.05, 0.1) is 18.8 Å². The molecule has 3 atom stereocenters. The minimum Gasteiger partial charge on any atom is -0.451 e. The molecule has 2 bridgehead atoms. The Hall–Kier alpha value is -1.56. The summed E-state index contributed by atoms with van der Waals surface area (Å²) in [5.41, 5.74) is 0.666. The first kappa shape index (κ1) is 15.9. The highest BCUT2D eigenvalue weighted by molar-refractivity contribution is 6.31. The number of rotatable bonds is 3. The van der Waals surface area contributed by atoms with Crippen LogP contribution >= 0.6 is 11.6 Å². The van der Waals surface area contributed by atoms with E-state index < -0.39 is 0 Å². The zero-order valence-electron chi connectivity index (χ0n) is 13.5. The topological polar surface area (TPSA) is 51.9 Å². The first-order valence-electron chi connectivity index (χ1n) is 8.40. The Labute approximate surface area is 145 Å². The van der Waals surface area contributed by atoms with Crippen LogP contribution in [-0.4, -0.2) is 48.8 Å².